The predicted molar refractivity (Wildman–Crippen MR) is 141 cm³/mol. The van der Waals surface area contributed by atoms with Crippen molar-refractivity contribution in [3.8, 4) is 0 Å². The minimum absolute atomic E-state index is 0.0925. The standard InChI is InChI=1S/C26H26N8O3S/c27-38(35,36)24-11-10-23(25-26(24)32-37-31-25)34(19-22-9-3-6-14-30-22)16-15-33(17-20-7-1-4-12-28-20)18-21-8-2-5-13-29-21/h1-14H,15-19H2,(H2,27,35,36). The third kappa shape index (κ3) is 6.17. The summed E-state index contributed by atoms with van der Waals surface area (Å²) in [6.45, 7) is 2.91. The molecule has 12 heteroatoms. The Hall–Kier alpha value is -4.26. The summed E-state index contributed by atoms with van der Waals surface area (Å²) in [6, 6.07) is 20.5. The number of nitrogens with zero attached hydrogens (tertiary/aromatic N) is 7. The molecule has 11 nitrogen and oxygen atoms in total. The van der Waals surface area contributed by atoms with Crippen molar-refractivity contribution in [2.45, 2.75) is 24.5 Å². The first-order chi connectivity index (χ1) is 18.5. The summed E-state index contributed by atoms with van der Waals surface area (Å²) in [5, 5.41) is 13.2. The molecule has 5 aromatic rings. The fourth-order valence-corrected chi connectivity index (χ4v) is 4.87. The SMILES string of the molecule is NS(=O)(=O)c1ccc(N(CCN(Cc2ccccn2)Cc2ccccn2)Cc2ccccn2)c2nonc12. The van der Waals surface area contributed by atoms with Crippen molar-refractivity contribution >= 4 is 26.7 Å². The summed E-state index contributed by atoms with van der Waals surface area (Å²) in [6.07, 6.45) is 5.30. The van der Waals surface area contributed by atoms with Crippen molar-refractivity contribution in [2.75, 3.05) is 18.0 Å². The summed E-state index contributed by atoms with van der Waals surface area (Å²) >= 11 is 0. The first kappa shape index (κ1) is 25.4. The molecule has 0 spiro atoms. The molecule has 0 bridgehead atoms. The number of sulfonamides is 1. The Kier molecular flexibility index (Phi) is 7.63. The van der Waals surface area contributed by atoms with Gasteiger partial charge < -0.3 is 4.90 Å². The third-order valence-corrected chi connectivity index (χ3v) is 6.94. The van der Waals surface area contributed by atoms with Crippen LogP contribution < -0.4 is 10.0 Å². The maximum absolute atomic E-state index is 12.1. The maximum atomic E-state index is 12.1. The van der Waals surface area contributed by atoms with Crippen LogP contribution in [-0.2, 0) is 29.7 Å². The number of anilines is 1. The fraction of sp³-hybridized carbons (Fsp3) is 0.192. The molecule has 2 N–H and O–H groups in total. The van der Waals surface area contributed by atoms with Crippen molar-refractivity contribution in [3.63, 3.8) is 0 Å². The van der Waals surface area contributed by atoms with Crippen LogP contribution in [-0.4, -0.2) is 51.7 Å². The zero-order valence-corrected chi connectivity index (χ0v) is 21.3. The van der Waals surface area contributed by atoms with Gasteiger partial charge in [0.25, 0.3) is 0 Å². The minimum Gasteiger partial charge on any atom is -0.362 e. The van der Waals surface area contributed by atoms with Gasteiger partial charge in [-0.2, -0.15) is 0 Å². The van der Waals surface area contributed by atoms with E-state index in [4.69, 9.17) is 9.77 Å². The number of rotatable bonds is 11. The summed E-state index contributed by atoms with van der Waals surface area (Å²) in [5.74, 6) is 0. The Morgan fingerprint density at radius 2 is 1.24 bits per heavy atom. The molecule has 0 fully saturated rings. The van der Waals surface area contributed by atoms with Crippen LogP contribution in [0, 0.1) is 0 Å². The molecule has 0 atom stereocenters. The number of pyridine rings is 3. The predicted octanol–water partition coefficient (Wildman–Crippen LogP) is 2.76. The van der Waals surface area contributed by atoms with Gasteiger partial charge in [-0.25, -0.2) is 18.2 Å². The number of aromatic nitrogens is 5. The summed E-state index contributed by atoms with van der Waals surface area (Å²) < 4.78 is 29.1. The molecule has 0 radical (unpaired) electrons. The average molecular weight is 531 g/mol. The van der Waals surface area contributed by atoms with Crippen LogP contribution >= 0.6 is 0 Å². The van der Waals surface area contributed by atoms with Gasteiger partial charge in [0, 0.05) is 44.8 Å². The van der Waals surface area contributed by atoms with Gasteiger partial charge in [-0.15, -0.1) is 0 Å². The Morgan fingerprint density at radius 1 is 0.684 bits per heavy atom. The van der Waals surface area contributed by atoms with E-state index in [1.807, 2.05) is 54.6 Å². The highest BCUT2D eigenvalue weighted by atomic mass is 32.2. The van der Waals surface area contributed by atoms with Crippen LogP contribution in [0.4, 0.5) is 5.69 Å². The average Bonchev–Trinajstić information content (AvgIpc) is 3.42. The number of fused-ring (bicyclic) bond motifs is 1. The molecule has 38 heavy (non-hydrogen) atoms. The molecular formula is C26H26N8O3S. The Labute approximate surface area is 220 Å². The number of benzene rings is 1. The minimum atomic E-state index is -4.01. The lowest BCUT2D eigenvalue weighted by molar-refractivity contribution is 0.255. The number of hydrogen-bond donors (Lipinski definition) is 1. The van der Waals surface area contributed by atoms with E-state index in [0.717, 1.165) is 17.1 Å². The van der Waals surface area contributed by atoms with Gasteiger partial charge in [0.05, 0.1) is 29.3 Å². The van der Waals surface area contributed by atoms with E-state index in [-0.39, 0.29) is 10.4 Å². The van der Waals surface area contributed by atoms with Crippen molar-refractivity contribution in [1.82, 2.24) is 30.2 Å². The van der Waals surface area contributed by atoms with Crippen molar-refractivity contribution in [3.05, 3.63) is 102 Å². The van der Waals surface area contributed by atoms with E-state index >= 15 is 0 Å². The zero-order chi connectivity index (χ0) is 26.4. The van der Waals surface area contributed by atoms with E-state index in [9.17, 15) is 8.42 Å². The molecule has 4 heterocycles. The maximum Gasteiger partial charge on any atom is 0.240 e. The van der Waals surface area contributed by atoms with Crippen molar-refractivity contribution in [1.29, 1.82) is 0 Å². The van der Waals surface area contributed by atoms with Gasteiger partial charge >= 0.3 is 0 Å². The van der Waals surface area contributed by atoms with E-state index in [1.54, 1.807) is 24.7 Å². The quantitative estimate of drug-likeness (QED) is 0.271. The molecule has 0 saturated carbocycles. The molecule has 0 saturated heterocycles. The Morgan fingerprint density at radius 3 is 1.76 bits per heavy atom. The second-order valence-electron chi connectivity index (χ2n) is 8.68. The molecule has 5 rings (SSSR count). The lowest BCUT2D eigenvalue weighted by Crippen LogP contribution is -2.35. The van der Waals surface area contributed by atoms with E-state index in [1.165, 1.54) is 6.07 Å². The van der Waals surface area contributed by atoms with E-state index in [0.29, 0.717) is 43.9 Å². The molecule has 0 unspecified atom stereocenters. The van der Waals surface area contributed by atoms with Gasteiger partial charge in [0.1, 0.15) is 4.90 Å². The lowest BCUT2D eigenvalue weighted by atomic mass is 10.2. The van der Waals surface area contributed by atoms with Crippen LogP contribution in [0.25, 0.3) is 11.0 Å². The lowest BCUT2D eigenvalue weighted by Gasteiger charge is -2.29. The highest BCUT2D eigenvalue weighted by Crippen LogP contribution is 2.30. The normalized spacial score (nSPS) is 11.7. The van der Waals surface area contributed by atoms with Gasteiger partial charge in [-0.05, 0) is 58.8 Å². The summed E-state index contributed by atoms with van der Waals surface area (Å²) in [5.41, 5.74) is 3.80. The van der Waals surface area contributed by atoms with Gasteiger partial charge in [-0.1, -0.05) is 18.2 Å². The topological polar surface area (TPSA) is 144 Å². The number of primary sulfonamides is 1. The van der Waals surface area contributed by atoms with Crippen LogP contribution in [0.5, 0.6) is 0 Å². The molecule has 0 amide bonds. The Bertz CT molecular complexity index is 1540. The smallest absolute Gasteiger partial charge is 0.240 e. The summed E-state index contributed by atoms with van der Waals surface area (Å²) in [7, 11) is -4.01. The largest absolute Gasteiger partial charge is 0.362 e. The van der Waals surface area contributed by atoms with E-state index < -0.39 is 10.0 Å². The first-order valence-electron chi connectivity index (χ1n) is 11.9. The van der Waals surface area contributed by atoms with Gasteiger partial charge in [0.15, 0.2) is 11.0 Å². The van der Waals surface area contributed by atoms with E-state index in [2.05, 4.69) is 35.1 Å². The monoisotopic (exact) mass is 530 g/mol. The number of nitrogens with two attached hydrogens (primary N) is 1. The highest BCUT2D eigenvalue weighted by molar-refractivity contribution is 7.89. The molecular weight excluding hydrogens is 504 g/mol. The molecule has 4 aromatic heterocycles. The second kappa shape index (κ2) is 11.4. The molecule has 194 valence electrons. The van der Waals surface area contributed by atoms with Crippen LogP contribution in [0.2, 0.25) is 0 Å². The molecule has 0 aliphatic carbocycles. The third-order valence-electron chi connectivity index (χ3n) is 5.99. The molecule has 1 aromatic carbocycles. The Balaban J connectivity index is 1.46. The van der Waals surface area contributed by atoms with Crippen LogP contribution in [0.1, 0.15) is 17.1 Å². The second-order valence-corrected chi connectivity index (χ2v) is 10.2. The van der Waals surface area contributed by atoms with Crippen molar-refractivity contribution in [2.24, 2.45) is 5.14 Å². The van der Waals surface area contributed by atoms with Crippen molar-refractivity contribution < 1.29 is 13.0 Å². The van der Waals surface area contributed by atoms with Gasteiger partial charge in [-0.3, -0.25) is 19.9 Å². The highest BCUT2D eigenvalue weighted by Gasteiger charge is 2.23. The summed E-state index contributed by atoms with van der Waals surface area (Å²) in [4.78, 5) is 17.7. The fourth-order valence-electron chi connectivity index (χ4n) is 4.21. The van der Waals surface area contributed by atoms with Crippen LogP contribution in [0.15, 0.2) is 94.8 Å². The molecule has 0 aliphatic rings. The first-order valence-corrected chi connectivity index (χ1v) is 13.5. The number of hydrogen-bond acceptors (Lipinski definition) is 10. The van der Waals surface area contributed by atoms with Gasteiger partial charge in [0.2, 0.25) is 10.0 Å². The van der Waals surface area contributed by atoms with Crippen LogP contribution in [0.3, 0.4) is 0 Å². The zero-order valence-electron chi connectivity index (χ0n) is 20.5. The molecule has 0 aliphatic heterocycles.